The molecular weight excluding hydrogens is 246 g/mol. The maximum atomic E-state index is 12.5. The Labute approximate surface area is 111 Å². The molecule has 2 aliphatic heterocycles. The third-order valence-corrected chi connectivity index (χ3v) is 3.78. The first-order valence-corrected chi connectivity index (χ1v) is 6.49. The molecule has 0 radical (unpaired) electrons. The fourth-order valence-electron chi connectivity index (χ4n) is 2.81. The summed E-state index contributed by atoms with van der Waals surface area (Å²) in [7, 11) is 1.47. The summed E-state index contributed by atoms with van der Waals surface area (Å²) >= 11 is 0. The van der Waals surface area contributed by atoms with Crippen LogP contribution in [-0.4, -0.2) is 48.3 Å². The molecule has 5 heteroatoms. The van der Waals surface area contributed by atoms with E-state index in [0.29, 0.717) is 24.4 Å². The summed E-state index contributed by atoms with van der Waals surface area (Å²) in [6, 6.07) is 4.97. The van der Waals surface area contributed by atoms with Gasteiger partial charge in [0.25, 0.3) is 5.91 Å². The standard InChI is InChI=1S/C14H17NO4/c1-18-12-4-2-3-11(13(12)16)14(17)15-7-9-5-6-10(8-15)19-9/h2-4,9-10,16H,5-8H2,1H3. The van der Waals surface area contributed by atoms with Crippen molar-refractivity contribution in [1.29, 1.82) is 0 Å². The summed E-state index contributed by atoms with van der Waals surface area (Å²) in [4.78, 5) is 14.2. The van der Waals surface area contributed by atoms with Crippen LogP contribution in [-0.2, 0) is 4.74 Å². The van der Waals surface area contributed by atoms with Gasteiger partial charge in [-0.25, -0.2) is 0 Å². The Bertz CT molecular complexity index is 490. The van der Waals surface area contributed by atoms with Gasteiger partial charge in [0.05, 0.1) is 24.9 Å². The molecule has 5 nitrogen and oxygen atoms in total. The second kappa shape index (κ2) is 4.74. The number of carbonyl (C=O) groups excluding carboxylic acids is 1. The van der Waals surface area contributed by atoms with Crippen molar-refractivity contribution >= 4 is 5.91 Å². The van der Waals surface area contributed by atoms with Crippen LogP contribution in [0, 0.1) is 0 Å². The number of likely N-dealkylation sites (tertiary alicyclic amines) is 1. The van der Waals surface area contributed by atoms with Crippen molar-refractivity contribution in [3.05, 3.63) is 23.8 Å². The zero-order chi connectivity index (χ0) is 13.4. The minimum Gasteiger partial charge on any atom is -0.504 e. The van der Waals surface area contributed by atoms with Gasteiger partial charge in [-0.3, -0.25) is 4.79 Å². The molecule has 2 bridgehead atoms. The highest BCUT2D eigenvalue weighted by Gasteiger charge is 2.36. The Hall–Kier alpha value is -1.75. The summed E-state index contributed by atoms with van der Waals surface area (Å²) in [5.41, 5.74) is 0.292. The lowest BCUT2D eigenvalue weighted by molar-refractivity contribution is -0.0304. The van der Waals surface area contributed by atoms with Gasteiger partial charge in [0.15, 0.2) is 11.5 Å². The van der Waals surface area contributed by atoms with E-state index in [0.717, 1.165) is 12.8 Å². The highest BCUT2D eigenvalue weighted by Crippen LogP contribution is 2.32. The molecule has 0 aliphatic carbocycles. The first-order chi connectivity index (χ1) is 9.19. The number of benzene rings is 1. The van der Waals surface area contributed by atoms with Gasteiger partial charge in [-0.05, 0) is 25.0 Å². The normalized spacial score (nSPS) is 25.4. The summed E-state index contributed by atoms with van der Waals surface area (Å²) in [5.74, 6) is 0.0764. The van der Waals surface area contributed by atoms with Gasteiger partial charge >= 0.3 is 0 Å². The van der Waals surface area contributed by atoms with E-state index in [4.69, 9.17) is 9.47 Å². The van der Waals surface area contributed by atoms with E-state index in [2.05, 4.69) is 0 Å². The molecule has 2 fully saturated rings. The zero-order valence-corrected chi connectivity index (χ0v) is 10.8. The van der Waals surface area contributed by atoms with Gasteiger partial charge in [-0.1, -0.05) is 6.07 Å². The van der Waals surface area contributed by atoms with Crippen molar-refractivity contribution in [3.63, 3.8) is 0 Å². The number of hydrogen-bond acceptors (Lipinski definition) is 4. The highest BCUT2D eigenvalue weighted by molar-refractivity contribution is 5.97. The number of aromatic hydroxyl groups is 1. The summed E-state index contributed by atoms with van der Waals surface area (Å²) in [6.07, 6.45) is 2.32. The fraction of sp³-hybridized carbons (Fsp3) is 0.500. The third kappa shape index (κ3) is 2.14. The Morgan fingerprint density at radius 1 is 1.37 bits per heavy atom. The van der Waals surface area contributed by atoms with Crippen LogP contribution in [0.4, 0.5) is 0 Å². The largest absolute Gasteiger partial charge is 0.504 e. The number of hydrogen-bond donors (Lipinski definition) is 1. The lowest BCUT2D eigenvalue weighted by atomic mass is 10.1. The van der Waals surface area contributed by atoms with Crippen molar-refractivity contribution < 1.29 is 19.4 Å². The number of nitrogens with zero attached hydrogens (tertiary/aromatic N) is 1. The molecule has 1 aromatic rings. The lowest BCUT2D eigenvalue weighted by Crippen LogP contribution is -2.45. The first kappa shape index (κ1) is 12.3. The number of amides is 1. The molecule has 2 unspecified atom stereocenters. The number of para-hydroxylation sites is 1. The van der Waals surface area contributed by atoms with Crippen LogP contribution in [0.25, 0.3) is 0 Å². The van der Waals surface area contributed by atoms with Crippen LogP contribution in [0.15, 0.2) is 18.2 Å². The van der Waals surface area contributed by atoms with Crippen LogP contribution in [0.1, 0.15) is 23.2 Å². The van der Waals surface area contributed by atoms with Crippen molar-refractivity contribution in [2.45, 2.75) is 25.0 Å². The quantitative estimate of drug-likeness (QED) is 0.876. The van der Waals surface area contributed by atoms with E-state index in [1.807, 2.05) is 0 Å². The topological polar surface area (TPSA) is 59.0 Å². The second-order valence-electron chi connectivity index (χ2n) is 5.02. The zero-order valence-electron chi connectivity index (χ0n) is 10.8. The summed E-state index contributed by atoms with van der Waals surface area (Å²) in [5, 5.41) is 10.0. The highest BCUT2D eigenvalue weighted by atomic mass is 16.5. The molecule has 1 amide bonds. The van der Waals surface area contributed by atoms with Crippen molar-refractivity contribution in [3.8, 4) is 11.5 Å². The number of ether oxygens (including phenoxy) is 2. The van der Waals surface area contributed by atoms with Gasteiger partial charge in [-0.15, -0.1) is 0 Å². The SMILES string of the molecule is COc1cccc(C(=O)N2CC3CCC(C2)O3)c1O. The van der Waals surface area contributed by atoms with Crippen LogP contribution < -0.4 is 4.74 Å². The maximum absolute atomic E-state index is 12.5. The van der Waals surface area contributed by atoms with Gasteiger partial charge in [0.1, 0.15) is 0 Å². The number of methoxy groups -OCH3 is 1. The number of carbonyl (C=O) groups is 1. The molecule has 19 heavy (non-hydrogen) atoms. The number of morpholine rings is 1. The lowest BCUT2D eigenvalue weighted by Gasteiger charge is -2.32. The Morgan fingerprint density at radius 2 is 2.05 bits per heavy atom. The van der Waals surface area contributed by atoms with E-state index >= 15 is 0 Å². The summed E-state index contributed by atoms with van der Waals surface area (Å²) in [6.45, 7) is 1.21. The molecule has 0 saturated carbocycles. The number of rotatable bonds is 2. The molecule has 102 valence electrons. The van der Waals surface area contributed by atoms with Crippen molar-refractivity contribution in [2.75, 3.05) is 20.2 Å². The van der Waals surface area contributed by atoms with E-state index < -0.39 is 0 Å². The predicted molar refractivity (Wildman–Crippen MR) is 68.5 cm³/mol. The molecule has 2 heterocycles. The minimum atomic E-state index is -0.156. The van der Waals surface area contributed by atoms with Crippen LogP contribution in [0.5, 0.6) is 11.5 Å². The Kier molecular flexibility index (Phi) is 3.06. The van der Waals surface area contributed by atoms with E-state index in [-0.39, 0.29) is 23.9 Å². The monoisotopic (exact) mass is 263 g/mol. The smallest absolute Gasteiger partial charge is 0.257 e. The van der Waals surface area contributed by atoms with Gasteiger partial charge in [-0.2, -0.15) is 0 Å². The van der Waals surface area contributed by atoms with Crippen LogP contribution in [0.2, 0.25) is 0 Å². The minimum absolute atomic E-state index is 0.0890. The molecule has 1 N–H and O–H groups in total. The number of fused-ring (bicyclic) bond motifs is 2. The van der Waals surface area contributed by atoms with Gasteiger partial charge in [0, 0.05) is 13.1 Å². The number of phenols is 1. The molecule has 1 aromatic carbocycles. The van der Waals surface area contributed by atoms with Crippen molar-refractivity contribution in [2.24, 2.45) is 0 Å². The predicted octanol–water partition coefficient (Wildman–Crippen LogP) is 1.40. The molecule has 2 atom stereocenters. The van der Waals surface area contributed by atoms with Gasteiger partial charge < -0.3 is 19.5 Å². The molecule has 0 spiro atoms. The van der Waals surface area contributed by atoms with Gasteiger partial charge in [0.2, 0.25) is 0 Å². The Morgan fingerprint density at radius 3 is 2.68 bits per heavy atom. The molecule has 2 saturated heterocycles. The number of phenolic OH excluding ortho intramolecular Hbond substituents is 1. The Balaban J connectivity index is 1.84. The van der Waals surface area contributed by atoms with E-state index in [1.165, 1.54) is 7.11 Å². The fourth-order valence-corrected chi connectivity index (χ4v) is 2.81. The second-order valence-corrected chi connectivity index (χ2v) is 5.02. The first-order valence-electron chi connectivity index (χ1n) is 6.49. The summed E-state index contributed by atoms with van der Waals surface area (Å²) < 4.78 is 10.7. The van der Waals surface area contributed by atoms with E-state index in [1.54, 1.807) is 23.1 Å². The van der Waals surface area contributed by atoms with E-state index in [9.17, 15) is 9.90 Å². The third-order valence-electron chi connectivity index (χ3n) is 3.78. The maximum Gasteiger partial charge on any atom is 0.257 e. The van der Waals surface area contributed by atoms with Crippen molar-refractivity contribution in [1.82, 2.24) is 4.90 Å². The molecular formula is C14H17NO4. The van der Waals surface area contributed by atoms with Crippen LogP contribution >= 0.6 is 0 Å². The average molecular weight is 263 g/mol. The molecule has 0 aromatic heterocycles. The average Bonchev–Trinajstić information content (AvgIpc) is 2.77. The van der Waals surface area contributed by atoms with Crippen LogP contribution in [0.3, 0.4) is 0 Å². The molecule has 3 rings (SSSR count). The molecule has 2 aliphatic rings.